The summed E-state index contributed by atoms with van der Waals surface area (Å²) in [5.74, 6) is 0.174. The SMILES string of the molecule is CCN(CC)c1ccc(C=NN2C(=S)N=NC2c2ccccc2)c(O)c1. The van der Waals surface area contributed by atoms with Crippen LogP contribution in [-0.4, -0.2) is 34.5 Å². The summed E-state index contributed by atoms with van der Waals surface area (Å²) in [6.45, 7) is 5.93. The van der Waals surface area contributed by atoms with Crippen LogP contribution in [0.2, 0.25) is 0 Å². The summed E-state index contributed by atoms with van der Waals surface area (Å²) in [6, 6.07) is 15.3. The van der Waals surface area contributed by atoms with E-state index in [2.05, 4.69) is 34.1 Å². The van der Waals surface area contributed by atoms with Crippen molar-refractivity contribution in [2.45, 2.75) is 20.0 Å². The number of nitrogens with zero attached hydrogens (tertiary/aromatic N) is 5. The molecular formula is C19H21N5OS. The van der Waals surface area contributed by atoms with Crippen LogP contribution < -0.4 is 4.90 Å². The van der Waals surface area contributed by atoms with Crippen LogP contribution in [0.3, 0.4) is 0 Å². The molecular weight excluding hydrogens is 346 g/mol. The normalized spacial score (nSPS) is 16.6. The van der Waals surface area contributed by atoms with Crippen molar-refractivity contribution in [3.8, 4) is 5.75 Å². The van der Waals surface area contributed by atoms with Crippen molar-refractivity contribution in [2.75, 3.05) is 18.0 Å². The zero-order chi connectivity index (χ0) is 18.5. The van der Waals surface area contributed by atoms with Crippen LogP contribution in [0, 0.1) is 0 Å². The van der Waals surface area contributed by atoms with Crippen LogP contribution in [0.25, 0.3) is 0 Å². The van der Waals surface area contributed by atoms with Gasteiger partial charge < -0.3 is 10.0 Å². The second kappa shape index (κ2) is 8.05. The highest BCUT2D eigenvalue weighted by molar-refractivity contribution is 7.80. The smallest absolute Gasteiger partial charge is 0.238 e. The highest BCUT2D eigenvalue weighted by atomic mass is 32.1. The molecule has 0 saturated carbocycles. The van der Waals surface area contributed by atoms with Crippen LogP contribution in [0.15, 0.2) is 63.9 Å². The fraction of sp³-hybridized carbons (Fsp3) is 0.263. The van der Waals surface area contributed by atoms with Gasteiger partial charge in [-0.05, 0) is 38.2 Å². The number of hydrazone groups is 1. The number of phenols is 1. The minimum Gasteiger partial charge on any atom is -0.507 e. The predicted octanol–water partition coefficient (Wildman–Crippen LogP) is 4.32. The van der Waals surface area contributed by atoms with Gasteiger partial charge in [0.05, 0.1) is 6.21 Å². The third-order valence-electron chi connectivity index (χ3n) is 4.24. The Morgan fingerprint density at radius 2 is 1.92 bits per heavy atom. The molecule has 3 rings (SSSR count). The number of phenolic OH excluding ortho intramolecular Hbond substituents is 1. The van der Waals surface area contributed by atoms with Gasteiger partial charge in [-0.25, -0.2) is 5.01 Å². The van der Waals surface area contributed by atoms with Crippen molar-refractivity contribution in [2.24, 2.45) is 15.3 Å². The maximum absolute atomic E-state index is 10.3. The van der Waals surface area contributed by atoms with Crippen LogP contribution in [0.4, 0.5) is 5.69 Å². The fourth-order valence-electron chi connectivity index (χ4n) is 2.80. The molecule has 1 aliphatic rings. The van der Waals surface area contributed by atoms with Gasteiger partial charge in [0.1, 0.15) is 5.75 Å². The molecule has 1 N–H and O–H groups in total. The number of azo groups is 1. The van der Waals surface area contributed by atoms with E-state index in [0.29, 0.717) is 10.7 Å². The first-order chi connectivity index (χ1) is 12.6. The molecule has 0 fully saturated rings. The lowest BCUT2D eigenvalue weighted by molar-refractivity contribution is 0.367. The van der Waals surface area contributed by atoms with Crippen LogP contribution >= 0.6 is 12.2 Å². The molecule has 2 aromatic rings. The molecule has 0 saturated heterocycles. The van der Waals surface area contributed by atoms with Crippen molar-refractivity contribution >= 4 is 29.2 Å². The molecule has 7 heteroatoms. The first-order valence-corrected chi connectivity index (χ1v) is 8.95. The van der Waals surface area contributed by atoms with E-state index < -0.39 is 0 Å². The van der Waals surface area contributed by atoms with Crippen molar-refractivity contribution in [1.29, 1.82) is 0 Å². The van der Waals surface area contributed by atoms with Gasteiger partial charge in [-0.1, -0.05) is 30.3 Å². The number of rotatable bonds is 6. The lowest BCUT2D eigenvalue weighted by Crippen LogP contribution is -2.22. The summed E-state index contributed by atoms with van der Waals surface area (Å²) in [5, 5.41) is 24.8. The summed E-state index contributed by atoms with van der Waals surface area (Å²) in [7, 11) is 0. The van der Waals surface area contributed by atoms with E-state index >= 15 is 0 Å². The van der Waals surface area contributed by atoms with Gasteiger partial charge in [-0.15, -0.1) is 5.11 Å². The Bertz CT molecular complexity index is 833. The van der Waals surface area contributed by atoms with E-state index in [9.17, 15) is 5.11 Å². The van der Waals surface area contributed by atoms with Gasteiger partial charge in [-0.2, -0.15) is 10.2 Å². The number of benzene rings is 2. The predicted molar refractivity (Wildman–Crippen MR) is 108 cm³/mol. The van der Waals surface area contributed by atoms with Gasteiger partial charge in [-0.3, -0.25) is 0 Å². The van der Waals surface area contributed by atoms with Crippen molar-refractivity contribution in [3.05, 3.63) is 59.7 Å². The van der Waals surface area contributed by atoms with E-state index in [1.54, 1.807) is 17.3 Å². The lowest BCUT2D eigenvalue weighted by atomic mass is 10.1. The molecule has 1 unspecified atom stereocenters. The molecule has 0 aromatic heterocycles. The zero-order valence-electron chi connectivity index (χ0n) is 14.8. The van der Waals surface area contributed by atoms with Gasteiger partial charge in [0.15, 0.2) is 6.17 Å². The lowest BCUT2D eigenvalue weighted by Gasteiger charge is -2.21. The topological polar surface area (TPSA) is 63.8 Å². The number of aromatic hydroxyl groups is 1. The van der Waals surface area contributed by atoms with E-state index in [0.717, 1.165) is 24.3 Å². The Kier molecular flexibility index (Phi) is 5.58. The molecule has 1 atom stereocenters. The summed E-state index contributed by atoms with van der Waals surface area (Å²) < 4.78 is 0. The molecule has 0 amide bonds. The fourth-order valence-corrected chi connectivity index (χ4v) is 2.99. The largest absolute Gasteiger partial charge is 0.507 e. The summed E-state index contributed by atoms with van der Waals surface area (Å²) in [6.07, 6.45) is 1.21. The van der Waals surface area contributed by atoms with E-state index in [1.807, 2.05) is 42.5 Å². The van der Waals surface area contributed by atoms with Crippen molar-refractivity contribution in [3.63, 3.8) is 0 Å². The molecule has 1 heterocycles. The third kappa shape index (κ3) is 3.72. The first kappa shape index (κ1) is 18.0. The quantitative estimate of drug-likeness (QED) is 0.610. The molecule has 134 valence electrons. The third-order valence-corrected chi connectivity index (χ3v) is 4.51. The molecule has 2 aromatic carbocycles. The van der Waals surface area contributed by atoms with E-state index in [1.165, 1.54) is 0 Å². The van der Waals surface area contributed by atoms with Crippen LogP contribution in [-0.2, 0) is 0 Å². The Morgan fingerprint density at radius 3 is 2.58 bits per heavy atom. The average Bonchev–Trinajstić information content (AvgIpc) is 3.03. The maximum atomic E-state index is 10.3. The monoisotopic (exact) mass is 367 g/mol. The van der Waals surface area contributed by atoms with Gasteiger partial charge in [0.2, 0.25) is 5.11 Å². The molecule has 0 aliphatic carbocycles. The maximum Gasteiger partial charge on any atom is 0.238 e. The molecule has 1 aliphatic heterocycles. The molecule has 0 radical (unpaired) electrons. The molecule has 0 spiro atoms. The van der Waals surface area contributed by atoms with Crippen molar-refractivity contribution in [1.82, 2.24) is 5.01 Å². The summed E-state index contributed by atoms with van der Waals surface area (Å²) in [4.78, 5) is 2.17. The Hall–Kier alpha value is -2.80. The average molecular weight is 367 g/mol. The van der Waals surface area contributed by atoms with Gasteiger partial charge >= 0.3 is 0 Å². The summed E-state index contributed by atoms with van der Waals surface area (Å²) in [5.41, 5.74) is 2.55. The molecule has 0 bridgehead atoms. The number of hydrogen-bond acceptors (Lipinski definition) is 5. The Labute approximate surface area is 158 Å². The Morgan fingerprint density at radius 1 is 1.19 bits per heavy atom. The first-order valence-electron chi connectivity index (χ1n) is 8.55. The summed E-state index contributed by atoms with van der Waals surface area (Å²) >= 11 is 5.23. The standard InChI is InChI=1S/C19H21N5OS/c1-3-23(4-2)16-11-10-15(17(25)12-16)13-20-24-18(21-22-19(24)26)14-8-6-5-7-9-14/h5-13,18,25H,3-4H2,1-2H3. The second-order valence-corrected chi connectivity index (χ2v) is 6.15. The highest BCUT2D eigenvalue weighted by Crippen LogP contribution is 2.29. The second-order valence-electron chi connectivity index (χ2n) is 5.79. The highest BCUT2D eigenvalue weighted by Gasteiger charge is 2.27. The van der Waals surface area contributed by atoms with Crippen molar-refractivity contribution < 1.29 is 5.11 Å². The minimum atomic E-state index is -0.378. The van der Waals surface area contributed by atoms with E-state index in [4.69, 9.17) is 12.2 Å². The molecule has 6 nitrogen and oxygen atoms in total. The van der Waals surface area contributed by atoms with E-state index in [-0.39, 0.29) is 11.9 Å². The zero-order valence-corrected chi connectivity index (χ0v) is 15.6. The van der Waals surface area contributed by atoms with Crippen LogP contribution in [0.5, 0.6) is 5.75 Å². The number of anilines is 1. The van der Waals surface area contributed by atoms with Gasteiger partial charge in [0.25, 0.3) is 0 Å². The number of hydrogen-bond donors (Lipinski definition) is 1. The van der Waals surface area contributed by atoms with Crippen LogP contribution in [0.1, 0.15) is 31.1 Å². The number of thiocarbonyl (C=S) groups is 1. The Balaban J connectivity index is 1.81. The molecule has 26 heavy (non-hydrogen) atoms. The minimum absolute atomic E-state index is 0.174. The van der Waals surface area contributed by atoms with Gasteiger partial charge in [0, 0.05) is 36.0 Å².